The molecule has 5 nitrogen and oxygen atoms in total. The van der Waals surface area contributed by atoms with E-state index in [0.29, 0.717) is 22.0 Å². The number of ether oxygens (including phenoxy) is 1. The molecule has 0 aliphatic heterocycles. The molecule has 29 heavy (non-hydrogen) atoms. The normalized spacial score (nSPS) is 10.3. The van der Waals surface area contributed by atoms with Gasteiger partial charge in [-0.3, -0.25) is 9.59 Å². The largest absolute Gasteiger partial charge is 0.484 e. The molecule has 0 aliphatic rings. The van der Waals surface area contributed by atoms with Crippen molar-refractivity contribution < 1.29 is 14.3 Å². The molecule has 2 amide bonds. The average molecular weight is 409 g/mol. The Morgan fingerprint density at radius 2 is 1.66 bits per heavy atom. The van der Waals surface area contributed by atoms with Gasteiger partial charge in [0.05, 0.1) is 0 Å². The Labute approximate surface area is 174 Å². The average Bonchev–Trinajstić information content (AvgIpc) is 2.70. The maximum absolute atomic E-state index is 12.5. The van der Waals surface area contributed by atoms with Crippen LogP contribution in [0.4, 0.5) is 11.4 Å². The predicted molar refractivity (Wildman–Crippen MR) is 116 cm³/mol. The standard InChI is InChI=1S/C23H21ClN2O3/c1-15-5-3-8-21(16(15)2)26-23(28)17-9-11-20(12-10-17)29-14-22(27)25-19-7-4-6-18(24)13-19/h3-13H,14H2,1-2H3,(H,25,27)(H,26,28). The van der Waals surface area contributed by atoms with Crippen LogP contribution >= 0.6 is 11.6 Å². The van der Waals surface area contributed by atoms with Crippen LogP contribution in [0.25, 0.3) is 0 Å². The van der Waals surface area contributed by atoms with Crippen molar-refractivity contribution in [3.8, 4) is 5.75 Å². The van der Waals surface area contributed by atoms with E-state index in [1.165, 1.54) is 0 Å². The first-order valence-electron chi connectivity index (χ1n) is 9.08. The fourth-order valence-corrected chi connectivity index (χ4v) is 2.89. The third-order valence-corrected chi connectivity index (χ3v) is 4.68. The second kappa shape index (κ2) is 9.26. The summed E-state index contributed by atoms with van der Waals surface area (Å²) in [5.74, 6) is -0.0116. The molecule has 3 aromatic rings. The van der Waals surface area contributed by atoms with Crippen molar-refractivity contribution in [2.24, 2.45) is 0 Å². The molecule has 2 N–H and O–H groups in total. The maximum atomic E-state index is 12.5. The van der Waals surface area contributed by atoms with E-state index in [9.17, 15) is 9.59 Å². The fourth-order valence-electron chi connectivity index (χ4n) is 2.70. The Balaban J connectivity index is 1.55. The van der Waals surface area contributed by atoms with Gasteiger partial charge in [0.2, 0.25) is 0 Å². The summed E-state index contributed by atoms with van der Waals surface area (Å²) in [6, 6.07) is 19.3. The molecule has 3 aromatic carbocycles. The Morgan fingerprint density at radius 1 is 0.931 bits per heavy atom. The summed E-state index contributed by atoms with van der Waals surface area (Å²) in [5.41, 5.74) is 4.04. The minimum absolute atomic E-state index is 0.152. The van der Waals surface area contributed by atoms with Gasteiger partial charge < -0.3 is 15.4 Å². The van der Waals surface area contributed by atoms with E-state index < -0.39 is 0 Å². The highest BCUT2D eigenvalue weighted by Gasteiger charge is 2.09. The number of carbonyl (C=O) groups is 2. The number of hydrogen-bond acceptors (Lipinski definition) is 3. The Kier molecular flexibility index (Phi) is 6.52. The smallest absolute Gasteiger partial charge is 0.262 e. The van der Waals surface area contributed by atoms with Gasteiger partial charge in [-0.1, -0.05) is 29.8 Å². The Morgan fingerprint density at radius 3 is 2.38 bits per heavy atom. The highest BCUT2D eigenvalue weighted by molar-refractivity contribution is 6.30. The van der Waals surface area contributed by atoms with E-state index in [1.54, 1.807) is 48.5 Å². The zero-order valence-electron chi connectivity index (χ0n) is 16.2. The number of carbonyl (C=O) groups excluding carboxylic acids is 2. The van der Waals surface area contributed by atoms with E-state index in [0.717, 1.165) is 16.8 Å². The lowest BCUT2D eigenvalue weighted by atomic mass is 10.1. The molecule has 0 aliphatic carbocycles. The fraction of sp³-hybridized carbons (Fsp3) is 0.130. The summed E-state index contributed by atoms with van der Waals surface area (Å²) in [7, 11) is 0. The first kappa shape index (κ1) is 20.4. The van der Waals surface area contributed by atoms with Crippen LogP contribution in [0.3, 0.4) is 0 Å². The van der Waals surface area contributed by atoms with Crippen LogP contribution in [0.5, 0.6) is 5.75 Å². The van der Waals surface area contributed by atoms with Crippen LogP contribution in [0.2, 0.25) is 5.02 Å². The minimum atomic E-state index is -0.302. The van der Waals surface area contributed by atoms with Crippen molar-refractivity contribution in [2.45, 2.75) is 13.8 Å². The first-order valence-corrected chi connectivity index (χ1v) is 9.46. The molecule has 148 valence electrons. The SMILES string of the molecule is Cc1cccc(NC(=O)c2ccc(OCC(=O)Nc3cccc(Cl)c3)cc2)c1C. The molecule has 0 heterocycles. The zero-order chi connectivity index (χ0) is 20.8. The molecule has 0 fully saturated rings. The van der Waals surface area contributed by atoms with Crippen molar-refractivity contribution in [1.82, 2.24) is 0 Å². The van der Waals surface area contributed by atoms with Crippen LogP contribution in [0.1, 0.15) is 21.5 Å². The van der Waals surface area contributed by atoms with Crippen molar-refractivity contribution >= 4 is 34.8 Å². The quantitative estimate of drug-likeness (QED) is 0.587. The van der Waals surface area contributed by atoms with Gasteiger partial charge in [0, 0.05) is 22.0 Å². The molecule has 3 rings (SSSR count). The highest BCUT2D eigenvalue weighted by Crippen LogP contribution is 2.20. The Hall–Kier alpha value is -3.31. The zero-order valence-corrected chi connectivity index (χ0v) is 16.9. The van der Waals surface area contributed by atoms with Gasteiger partial charge in [-0.05, 0) is 73.5 Å². The van der Waals surface area contributed by atoms with E-state index >= 15 is 0 Å². The van der Waals surface area contributed by atoms with Gasteiger partial charge in [0.25, 0.3) is 11.8 Å². The van der Waals surface area contributed by atoms with Crippen LogP contribution in [0, 0.1) is 13.8 Å². The van der Waals surface area contributed by atoms with E-state index in [1.807, 2.05) is 32.0 Å². The molecule has 0 bridgehead atoms. The number of anilines is 2. The number of benzene rings is 3. The van der Waals surface area contributed by atoms with Gasteiger partial charge in [0.1, 0.15) is 5.75 Å². The summed E-state index contributed by atoms with van der Waals surface area (Å²) in [4.78, 5) is 24.5. The van der Waals surface area contributed by atoms with Crippen molar-refractivity contribution in [3.63, 3.8) is 0 Å². The number of halogens is 1. The van der Waals surface area contributed by atoms with Crippen molar-refractivity contribution in [2.75, 3.05) is 17.2 Å². The van der Waals surface area contributed by atoms with Crippen LogP contribution in [-0.2, 0) is 4.79 Å². The number of nitrogens with one attached hydrogen (secondary N) is 2. The predicted octanol–water partition coefficient (Wildman–Crippen LogP) is 5.23. The number of hydrogen-bond donors (Lipinski definition) is 2. The van der Waals surface area contributed by atoms with Crippen molar-refractivity contribution in [1.29, 1.82) is 0 Å². The van der Waals surface area contributed by atoms with Gasteiger partial charge >= 0.3 is 0 Å². The molecule has 0 aromatic heterocycles. The van der Waals surface area contributed by atoms with Crippen LogP contribution in [-0.4, -0.2) is 18.4 Å². The van der Waals surface area contributed by atoms with Crippen LogP contribution < -0.4 is 15.4 Å². The monoisotopic (exact) mass is 408 g/mol. The van der Waals surface area contributed by atoms with E-state index in [2.05, 4.69) is 10.6 Å². The lowest BCUT2D eigenvalue weighted by molar-refractivity contribution is -0.118. The minimum Gasteiger partial charge on any atom is -0.484 e. The van der Waals surface area contributed by atoms with Gasteiger partial charge in [-0.2, -0.15) is 0 Å². The molecule has 0 saturated carbocycles. The summed E-state index contributed by atoms with van der Waals surface area (Å²) in [6.45, 7) is 3.82. The topological polar surface area (TPSA) is 67.4 Å². The molecule has 0 saturated heterocycles. The highest BCUT2D eigenvalue weighted by atomic mass is 35.5. The molecule has 0 unspecified atom stereocenters. The first-order chi connectivity index (χ1) is 13.9. The summed E-state index contributed by atoms with van der Waals surface area (Å²) >= 11 is 5.89. The molecular formula is C23H21ClN2O3. The number of aryl methyl sites for hydroxylation is 1. The molecule has 0 atom stereocenters. The molecule has 0 radical (unpaired) electrons. The third-order valence-electron chi connectivity index (χ3n) is 4.45. The molecule has 6 heteroatoms. The number of amides is 2. The van der Waals surface area contributed by atoms with Gasteiger partial charge in [-0.15, -0.1) is 0 Å². The summed E-state index contributed by atoms with van der Waals surface area (Å²) in [6.07, 6.45) is 0. The molecule has 0 spiro atoms. The van der Waals surface area contributed by atoms with E-state index in [-0.39, 0.29) is 18.4 Å². The van der Waals surface area contributed by atoms with E-state index in [4.69, 9.17) is 16.3 Å². The Bertz CT molecular complexity index is 1030. The summed E-state index contributed by atoms with van der Waals surface area (Å²) < 4.78 is 5.48. The number of rotatable bonds is 6. The second-order valence-corrected chi connectivity index (χ2v) is 7.01. The third kappa shape index (κ3) is 5.59. The van der Waals surface area contributed by atoms with Gasteiger partial charge in [0.15, 0.2) is 6.61 Å². The molecular weight excluding hydrogens is 388 g/mol. The van der Waals surface area contributed by atoms with Crippen LogP contribution in [0.15, 0.2) is 66.7 Å². The maximum Gasteiger partial charge on any atom is 0.262 e. The second-order valence-electron chi connectivity index (χ2n) is 6.57. The van der Waals surface area contributed by atoms with Gasteiger partial charge in [-0.25, -0.2) is 0 Å². The lowest BCUT2D eigenvalue weighted by Gasteiger charge is -2.11. The lowest BCUT2D eigenvalue weighted by Crippen LogP contribution is -2.20. The summed E-state index contributed by atoms with van der Waals surface area (Å²) in [5, 5.41) is 6.16. The van der Waals surface area contributed by atoms with Crippen molar-refractivity contribution in [3.05, 3.63) is 88.4 Å².